The first kappa shape index (κ1) is 11.6. The van der Waals surface area contributed by atoms with Gasteiger partial charge in [-0.15, -0.1) is 0 Å². The minimum Gasteiger partial charge on any atom is -0.480 e. The van der Waals surface area contributed by atoms with E-state index in [4.69, 9.17) is 10.8 Å². The fourth-order valence-electron chi connectivity index (χ4n) is 1.66. The van der Waals surface area contributed by atoms with Crippen LogP contribution in [0, 0.1) is 5.41 Å². The lowest BCUT2D eigenvalue weighted by Gasteiger charge is -2.20. The minimum absolute atomic E-state index is 0.0319. The van der Waals surface area contributed by atoms with Crippen LogP contribution in [0.2, 0.25) is 0 Å². The van der Waals surface area contributed by atoms with Gasteiger partial charge in [-0.05, 0) is 31.5 Å². The van der Waals surface area contributed by atoms with E-state index in [2.05, 4.69) is 0 Å². The number of hydrogen-bond donors (Lipinski definition) is 2. The highest BCUT2D eigenvalue weighted by molar-refractivity contribution is 6.32. The van der Waals surface area contributed by atoms with Gasteiger partial charge >= 0.3 is 5.97 Å². The summed E-state index contributed by atoms with van der Waals surface area (Å²) in [5, 5.41) is 8.99. The number of aliphatic carboxylic acids is 1. The first-order valence-electron chi connectivity index (χ1n) is 4.76. The van der Waals surface area contributed by atoms with E-state index >= 15 is 0 Å². The van der Waals surface area contributed by atoms with E-state index in [0.717, 1.165) is 12.2 Å². The van der Waals surface area contributed by atoms with E-state index in [1.54, 1.807) is 0 Å². The van der Waals surface area contributed by atoms with Crippen LogP contribution in [0.25, 0.3) is 0 Å². The quantitative estimate of drug-likeness (QED) is 0.488. The van der Waals surface area contributed by atoms with Crippen molar-refractivity contribution in [2.75, 3.05) is 6.54 Å². The zero-order valence-corrected chi connectivity index (χ0v) is 8.23. The summed E-state index contributed by atoms with van der Waals surface area (Å²) in [6.07, 6.45) is 3.18. The van der Waals surface area contributed by atoms with Crippen LogP contribution in [0.4, 0.5) is 0 Å². The van der Waals surface area contributed by atoms with Crippen LogP contribution >= 0.6 is 0 Å². The van der Waals surface area contributed by atoms with E-state index in [1.807, 2.05) is 0 Å². The molecule has 0 aliphatic heterocycles. The summed E-state index contributed by atoms with van der Waals surface area (Å²) in [4.78, 5) is 33.9. The average Bonchev–Trinajstić information content (AvgIpc) is 2.46. The first-order chi connectivity index (χ1) is 7.05. The summed E-state index contributed by atoms with van der Waals surface area (Å²) in [6.45, 7) is 0.422. The Hall–Kier alpha value is -1.49. The molecule has 1 aliphatic rings. The van der Waals surface area contributed by atoms with Gasteiger partial charge in [0.25, 0.3) is 0 Å². The van der Waals surface area contributed by atoms with Crippen LogP contribution in [0.1, 0.15) is 19.3 Å². The number of hydrogen-bond acceptors (Lipinski definition) is 4. The Labute approximate surface area is 86.9 Å². The Bertz CT molecular complexity index is 314. The third-order valence-corrected chi connectivity index (χ3v) is 2.60. The van der Waals surface area contributed by atoms with Crippen LogP contribution in [0.3, 0.4) is 0 Å². The molecule has 3 N–H and O–H groups in total. The molecule has 0 unspecified atom stereocenters. The van der Waals surface area contributed by atoms with Gasteiger partial charge in [0.05, 0.1) is 0 Å². The van der Waals surface area contributed by atoms with E-state index in [-0.39, 0.29) is 6.42 Å². The molecule has 5 heteroatoms. The molecule has 0 saturated carbocycles. The summed E-state index contributed by atoms with van der Waals surface area (Å²) in [5.74, 6) is -2.62. The van der Waals surface area contributed by atoms with Gasteiger partial charge in [0, 0.05) is 0 Å². The molecule has 0 spiro atoms. The highest BCUT2D eigenvalue weighted by Crippen LogP contribution is 2.32. The Morgan fingerprint density at radius 1 is 1.27 bits per heavy atom. The van der Waals surface area contributed by atoms with Crippen LogP contribution in [-0.2, 0) is 14.4 Å². The van der Waals surface area contributed by atoms with Crippen molar-refractivity contribution >= 4 is 17.5 Å². The van der Waals surface area contributed by atoms with Crippen molar-refractivity contribution in [2.24, 2.45) is 11.1 Å². The molecule has 0 aromatic rings. The van der Waals surface area contributed by atoms with E-state index in [0.29, 0.717) is 19.4 Å². The maximum Gasteiger partial charge on any atom is 0.325 e. The lowest BCUT2D eigenvalue weighted by molar-refractivity contribution is -0.156. The van der Waals surface area contributed by atoms with Crippen molar-refractivity contribution in [1.29, 1.82) is 0 Å². The number of ketones is 2. The molecular formula is C10H13NO4. The van der Waals surface area contributed by atoms with E-state index in [9.17, 15) is 14.4 Å². The third-order valence-electron chi connectivity index (χ3n) is 2.60. The number of rotatable bonds is 5. The van der Waals surface area contributed by atoms with Gasteiger partial charge in [0.15, 0.2) is 17.0 Å². The molecule has 0 radical (unpaired) electrons. The van der Waals surface area contributed by atoms with Crippen molar-refractivity contribution < 1.29 is 19.5 Å². The SMILES string of the molecule is NCCCCC1(C(=O)O)C(=O)C=CC1=O. The topological polar surface area (TPSA) is 97.5 Å². The lowest BCUT2D eigenvalue weighted by Crippen LogP contribution is -2.41. The molecule has 0 heterocycles. The molecule has 0 atom stereocenters. The van der Waals surface area contributed by atoms with Gasteiger partial charge in [-0.3, -0.25) is 14.4 Å². The summed E-state index contributed by atoms with van der Waals surface area (Å²) in [7, 11) is 0. The van der Waals surface area contributed by atoms with E-state index in [1.165, 1.54) is 0 Å². The first-order valence-corrected chi connectivity index (χ1v) is 4.76. The summed E-state index contributed by atoms with van der Waals surface area (Å²) in [5.41, 5.74) is 3.40. The fourth-order valence-corrected chi connectivity index (χ4v) is 1.66. The molecule has 1 aliphatic carbocycles. The maximum atomic E-state index is 11.4. The van der Waals surface area contributed by atoms with Crippen molar-refractivity contribution in [2.45, 2.75) is 19.3 Å². The molecule has 5 nitrogen and oxygen atoms in total. The Balaban J connectivity index is 2.85. The maximum absolute atomic E-state index is 11.4. The normalized spacial score (nSPS) is 18.5. The van der Waals surface area contributed by atoms with Gasteiger partial charge in [-0.25, -0.2) is 0 Å². The molecule has 82 valence electrons. The molecule has 0 saturated heterocycles. The monoisotopic (exact) mass is 211 g/mol. The van der Waals surface area contributed by atoms with Crippen LogP contribution < -0.4 is 5.73 Å². The van der Waals surface area contributed by atoms with Gasteiger partial charge < -0.3 is 10.8 Å². The number of nitrogens with two attached hydrogens (primary N) is 1. The number of carboxylic acids is 1. The van der Waals surface area contributed by atoms with Gasteiger partial charge in [0.2, 0.25) is 0 Å². The summed E-state index contributed by atoms with van der Waals surface area (Å²) in [6, 6.07) is 0. The molecule has 0 aromatic heterocycles. The smallest absolute Gasteiger partial charge is 0.325 e. The minimum atomic E-state index is -1.87. The molecule has 0 aromatic carbocycles. The molecule has 0 amide bonds. The fraction of sp³-hybridized carbons (Fsp3) is 0.500. The second-order valence-corrected chi connectivity index (χ2v) is 3.52. The number of carbonyl (C=O) groups is 3. The van der Waals surface area contributed by atoms with Crippen LogP contribution in [-0.4, -0.2) is 29.2 Å². The summed E-state index contributed by atoms with van der Waals surface area (Å²) < 4.78 is 0. The van der Waals surface area contributed by atoms with Gasteiger partial charge in [0.1, 0.15) is 0 Å². The Morgan fingerprint density at radius 3 is 2.20 bits per heavy atom. The number of carbonyl (C=O) groups excluding carboxylic acids is 2. The van der Waals surface area contributed by atoms with Crippen molar-refractivity contribution in [3.8, 4) is 0 Å². The number of unbranched alkanes of at least 4 members (excludes halogenated alkanes) is 1. The largest absolute Gasteiger partial charge is 0.480 e. The zero-order chi connectivity index (χ0) is 11.5. The second kappa shape index (κ2) is 4.35. The summed E-state index contributed by atoms with van der Waals surface area (Å²) >= 11 is 0. The number of carboxylic acid groups (broad SMARTS) is 1. The zero-order valence-electron chi connectivity index (χ0n) is 8.23. The van der Waals surface area contributed by atoms with Gasteiger partial charge in [-0.1, -0.05) is 6.42 Å². The predicted molar refractivity (Wildman–Crippen MR) is 52.1 cm³/mol. The van der Waals surface area contributed by atoms with Crippen LogP contribution in [0.15, 0.2) is 12.2 Å². The Morgan fingerprint density at radius 2 is 1.80 bits per heavy atom. The predicted octanol–water partition coefficient (Wildman–Crippen LogP) is -0.106. The van der Waals surface area contributed by atoms with Crippen molar-refractivity contribution in [1.82, 2.24) is 0 Å². The lowest BCUT2D eigenvalue weighted by atomic mass is 9.78. The highest BCUT2D eigenvalue weighted by Gasteiger charge is 2.52. The molecule has 0 fully saturated rings. The second-order valence-electron chi connectivity index (χ2n) is 3.52. The van der Waals surface area contributed by atoms with E-state index < -0.39 is 23.0 Å². The highest BCUT2D eigenvalue weighted by atomic mass is 16.4. The Kier molecular flexibility index (Phi) is 3.36. The van der Waals surface area contributed by atoms with Crippen molar-refractivity contribution in [3.63, 3.8) is 0 Å². The standard InChI is InChI=1S/C10H13NO4/c11-6-2-1-5-10(9(14)15)7(12)3-4-8(10)13/h3-4H,1-2,5-6,11H2,(H,14,15). The average molecular weight is 211 g/mol. The van der Waals surface area contributed by atoms with Gasteiger partial charge in [-0.2, -0.15) is 0 Å². The number of allylic oxidation sites excluding steroid dienone is 2. The molecule has 0 bridgehead atoms. The van der Waals surface area contributed by atoms with Crippen molar-refractivity contribution in [3.05, 3.63) is 12.2 Å². The molecule has 1 rings (SSSR count). The molecular weight excluding hydrogens is 198 g/mol. The van der Waals surface area contributed by atoms with Crippen LogP contribution in [0.5, 0.6) is 0 Å². The third kappa shape index (κ3) is 1.83. The molecule has 15 heavy (non-hydrogen) atoms.